The third-order valence-electron chi connectivity index (χ3n) is 5.41. The first-order valence-electron chi connectivity index (χ1n) is 10.1. The third-order valence-corrected chi connectivity index (χ3v) is 5.66. The summed E-state index contributed by atoms with van der Waals surface area (Å²) in [7, 11) is 1.57. The van der Waals surface area contributed by atoms with Gasteiger partial charge in [-0.3, -0.25) is 4.79 Å². The minimum atomic E-state index is -0.112. The summed E-state index contributed by atoms with van der Waals surface area (Å²) in [5.41, 5.74) is 4.08. The van der Waals surface area contributed by atoms with Crippen LogP contribution in [0.3, 0.4) is 0 Å². The highest BCUT2D eigenvalue weighted by Gasteiger charge is 2.22. The second kappa shape index (κ2) is 9.23. The Labute approximate surface area is 181 Å². The molecular formula is C25H24ClNO3. The standard InChI is InChI=1S/C25H24ClNO3/c1-29-24-15-19(11-14-23(24)30-16-17-9-12-20(26)13-10-17)25(28)27-22-8-4-6-18-5-2-3-7-21(18)22/h2-3,5,7,9-15,22H,4,6,8,16H2,1H3,(H,27,28)/t22-/m0/s1. The van der Waals surface area contributed by atoms with Crippen molar-refractivity contribution in [1.29, 1.82) is 0 Å². The van der Waals surface area contributed by atoms with Gasteiger partial charge in [0, 0.05) is 10.6 Å². The Morgan fingerprint density at radius 3 is 2.67 bits per heavy atom. The van der Waals surface area contributed by atoms with E-state index in [0.717, 1.165) is 24.8 Å². The second-order valence-electron chi connectivity index (χ2n) is 7.40. The molecule has 0 spiro atoms. The number of halogens is 1. The summed E-state index contributed by atoms with van der Waals surface area (Å²) in [6.45, 7) is 0.387. The molecule has 0 saturated heterocycles. The normalized spacial score (nSPS) is 15.2. The molecule has 1 aliphatic rings. The summed E-state index contributed by atoms with van der Waals surface area (Å²) in [6, 6.07) is 21.1. The maximum atomic E-state index is 12.9. The van der Waals surface area contributed by atoms with E-state index >= 15 is 0 Å². The van der Waals surface area contributed by atoms with E-state index in [1.807, 2.05) is 30.3 Å². The summed E-state index contributed by atoms with van der Waals surface area (Å²) in [5.74, 6) is 1.01. The van der Waals surface area contributed by atoms with Gasteiger partial charge in [0.2, 0.25) is 0 Å². The highest BCUT2D eigenvalue weighted by molar-refractivity contribution is 6.30. The molecule has 0 heterocycles. The van der Waals surface area contributed by atoms with Crippen molar-refractivity contribution >= 4 is 17.5 Å². The fourth-order valence-electron chi connectivity index (χ4n) is 3.82. The molecule has 154 valence electrons. The highest BCUT2D eigenvalue weighted by atomic mass is 35.5. The minimum Gasteiger partial charge on any atom is -0.493 e. The third kappa shape index (κ3) is 4.60. The van der Waals surface area contributed by atoms with Crippen molar-refractivity contribution in [3.63, 3.8) is 0 Å². The number of methoxy groups -OCH3 is 1. The van der Waals surface area contributed by atoms with Crippen LogP contribution < -0.4 is 14.8 Å². The van der Waals surface area contributed by atoms with Gasteiger partial charge in [0.05, 0.1) is 13.2 Å². The first-order valence-corrected chi connectivity index (χ1v) is 10.5. The Balaban J connectivity index is 1.46. The van der Waals surface area contributed by atoms with E-state index in [1.165, 1.54) is 11.1 Å². The van der Waals surface area contributed by atoms with E-state index in [0.29, 0.717) is 28.7 Å². The van der Waals surface area contributed by atoms with E-state index < -0.39 is 0 Å². The predicted molar refractivity (Wildman–Crippen MR) is 118 cm³/mol. The van der Waals surface area contributed by atoms with Gasteiger partial charge in [0.15, 0.2) is 11.5 Å². The lowest BCUT2D eigenvalue weighted by atomic mass is 9.87. The number of aryl methyl sites for hydroxylation is 1. The molecule has 1 amide bonds. The fourth-order valence-corrected chi connectivity index (χ4v) is 3.94. The molecule has 0 fully saturated rings. The largest absolute Gasteiger partial charge is 0.493 e. The summed E-state index contributed by atoms with van der Waals surface area (Å²) in [4.78, 5) is 12.9. The molecule has 0 unspecified atom stereocenters. The van der Waals surface area contributed by atoms with Gasteiger partial charge in [-0.05, 0) is 66.3 Å². The maximum absolute atomic E-state index is 12.9. The molecule has 5 heteroatoms. The number of rotatable bonds is 6. The number of hydrogen-bond acceptors (Lipinski definition) is 3. The van der Waals surface area contributed by atoms with E-state index in [9.17, 15) is 4.79 Å². The molecule has 3 aromatic carbocycles. The maximum Gasteiger partial charge on any atom is 0.251 e. The Bertz CT molecular complexity index is 1030. The van der Waals surface area contributed by atoms with E-state index in [-0.39, 0.29) is 11.9 Å². The van der Waals surface area contributed by atoms with Crippen LogP contribution in [0.15, 0.2) is 66.7 Å². The van der Waals surface area contributed by atoms with Crippen LogP contribution >= 0.6 is 11.6 Å². The molecule has 1 N–H and O–H groups in total. The number of hydrogen-bond donors (Lipinski definition) is 1. The summed E-state index contributed by atoms with van der Waals surface area (Å²) in [5, 5.41) is 3.86. The zero-order valence-corrected chi connectivity index (χ0v) is 17.6. The van der Waals surface area contributed by atoms with Crippen LogP contribution in [-0.2, 0) is 13.0 Å². The van der Waals surface area contributed by atoms with Crippen molar-refractivity contribution in [2.45, 2.75) is 31.9 Å². The molecule has 0 bridgehead atoms. The van der Waals surface area contributed by atoms with E-state index in [1.54, 1.807) is 25.3 Å². The molecular weight excluding hydrogens is 398 g/mol. The monoisotopic (exact) mass is 421 g/mol. The number of carbonyl (C=O) groups is 1. The number of fused-ring (bicyclic) bond motifs is 1. The number of ether oxygens (including phenoxy) is 2. The molecule has 0 aromatic heterocycles. The SMILES string of the molecule is COc1cc(C(=O)N[C@H]2CCCc3ccccc32)ccc1OCc1ccc(Cl)cc1. The molecule has 0 aliphatic heterocycles. The fraction of sp³-hybridized carbons (Fsp3) is 0.240. The summed E-state index contributed by atoms with van der Waals surface area (Å²) in [6.07, 6.45) is 3.08. The van der Waals surface area contributed by atoms with Gasteiger partial charge in [0.1, 0.15) is 6.61 Å². The summed E-state index contributed by atoms with van der Waals surface area (Å²) >= 11 is 5.92. The number of amides is 1. The van der Waals surface area contributed by atoms with Crippen LogP contribution in [0.25, 0.3) is 0 Å². The Morgan fingerprint density at radius 2 is 1.87 bits per heavy atom. The van der Waals surface area contributed by atoms with Gasteiger partial charge < -0.3 is 14.8 Å². The van der Waals surface area contributed by atoms with Gasteiger partial charge in [-0.15, -0.1) is 0 Å². The lowest BCUT2D eigenvalue weighted by molar-refractivity contribution is 0.0932. The molecule has 0 saturated carbocycles. The number of nitrogens with one attached hydrogen (secondary N) is 1. The van der Waals surface area contributed by atoms with Gasteiger partial charge in [-0.25, -0.2) is 0 Å². The predicted octanol–water partition coefficient (Wildman–Crippen LogP) is 5.74. The zero-order valence-electron chi connectivity index (χ0n) is 16.9. The average Bonchev–Trinajstić information content (AvgIpc) is 2.79. The van der Waals surface area contributed by atoms with Crippen molar-refractivity contribution in [1.82, 2.24) is 5.32 Å². The zero-order chi connectivity index (χ0) is 20.9. The molecule has 30 heavy (non-hydrogen) atoms. The lowest BCUT2D eigenvalue weighted by Crippen LogP contribution is -2.31. The van der Waals surface area contributed by atoms with E-state index in [4.69, 9.17) is 21.1 Å². The van der Waals surface area contributed by atoms with Gasteiger partial charge >= 0.3 is 0 Å². The number of carbonyl (C=O) groups excluding carboxylic acids is 1. The smallest absolute Gasteiger partial charge is 0.251 e. The van der Waals surface area contributed by atoms with Crippen LogP contribution in [0.5, 0.6) is 11.5 Å². The number of benzene rings is 3. The van der Waals surface area contributed by atoms with Crippen molar-refractivity contribution < 1.29 is 14.3 Å². The molecule has 1 aliphatic carbocycles. The van der Waals surface area contributed by atoms with Crippen LogP contribution in [0.2, 0.25) is 5.02 Å². The Hall–Kier alpha value is -2.98. The molecule has 4 nitrogen and oxygen atoms in total. The topological polar surface area (TPSA) is 47.6 Å². The van der Waals surface area contributed by atoms with Gasteiger partial charge in [-0.1, -0.05) is 48.0 Å². The molecule has 3 aromatic rings. The second-order valence-corrected chi connectivity index (χ2v) is 7.83. The van der Waals surface area contributed by atoms with Crippen LogP contribution in [0.1, 0.15) is 45.9 Å². The van der Waals surface area contributed by atoms with Crippen LogP contribution in [-0.4, -0.2) is 13.0 Å². The first kappa shape index (κ1) is 20.3. The highest BCUT2D eigenvalue weighted by Crippen LogP contribution is 2.31. The Kier molecular flexibility index (Phi) is 6.24. The van der Waals surface area contributed by atoms with Crippen molar-refractivity contribution in [2.75, 3.05) is 7.11 Å². The van der Waals surface area contributed by atoms with Crippen molar-refractivity contribution in [2.24, 2.45) is 0 Å². The molecule has 1 atom stereocenters. The lowest BCUT2D eigenvalue weighted by Gasteiger charge is -2.26. The van der Waals surface area contributed by atoms with Gasteiger partial charge in [-0.2, -0.15) is 0 Å². The van der Waals surface area contributed by atoms with Crippen LogP contribution in [0, 0.1) is 0 Å². The molecule has 4 rings (SSSR count). The summed E-state index contributed by atoms with van der Waals surface area (Å²) < 4.78 is 11.3. The minimum absolute atomic E-state index is 0.0364. The average molecular weight is 422 g/mol. The van der Waals surface area contributed by atoms with Gasteiger partial charge in [0.25, 0.3) is 5.91 Å². The van der Waals surface area contributed by atoms with Crippen molar-refractivity contribution in [3.05, 3.63) is 94.0 Å². The Morgan fingerprint density at radius 1 is 1.07 bits per heavy atom. The molecule has 0 radical (unpaired) electrons. The quantitative estimate of drug-likeness (QED) is 0.552. The van der Waals surface area contributed by atoms with E-state index in [2.05, 4.69) is 23.5 Å². The van der Waals surface area contributed by atoms with Crippen LogP contribution in [0.4, 0.5) is 0 Å². The first-order chi connectivity index (χ1) is 14.6. The van der Waals surface area contributed by atoms with Crippen molar-refractivity contribution in [3.8, 4) is 11.5 Å².